The van der Waals surface area contributed by atoms with Crippen LogP contribution in [0.15, 0.2) is 114 Å². The third-order valence-electron chi connectivity index (χ3n) is 9.60. The van der Waals surface area contributed by atoms with Gasteiger partial charge in [-0.15, -0.1) is 11.3 Å². The Hall–Kier alpha value is -4.89. The normalized spacial score (nSPS) is 15.8. The van der Waals surface area contributed by atoms with Crippen LogP contribution in [0.3, 0.4) is 0 Å². The van der Waals surface area contributed by atoms with Crippen LogP contribution < -0.4 is 5.46 Å². The highest BCUT2D eigenvalue weighted by Crippen LogP contribution is 2.41. The van der Waals surface area contributed by atoms with Crippen LogP contribution in [0.1, 0.15) is 27.7 Å². The van der Waals surface area contributed by atoms with E-state index in [-0.39, 0.29) is 0 Å². The molecule has 47 heavy (non-hydrogen) atoms. The molecule has 4 heterocycles. The number of thiophene rings is 1. The average Bonchev–Trinajstić information content (AvgIpc) is 3.72. The molecule has 8 aromatic rings. The van der Waals surface area contributed by atoms with Crippen LogP contribution in [0.25, 0.3) is 76.3 Å². The highest BCUT2D eigenvalue weighted by molar-refractivity contribution is 7.26. The van der Waals surface area contributed by atoms with Crippen molar-refractivity contribution in [3.8, 4) is 34.2 Å². The summed E-state index contributed by atoms with van der Waals surface area (Å²) in [5.74, 6) is 1.80. The van der Waals surface area contributed by atoms with Gasteiger partial charge in [0, 0.05) is 36.7 Å². The van der Waals surface area contributed by atoms with E-state index in [9.17, 15) is 0 Å². The molecule has 0 spiro atoms. The molecule has 0 saturated carbocycles. The van der Waals surface area contributed by atoms with Crippen LogP contribution in [0.5, 0.6) is 0 Å². The monoisotopic (exact) mass is 631 g/mol. The largest absolute Gasteiger partial charge is 0.494 e. The summed E-state index contributed by atoms with van der Waals surface area (Å²) >= 11 is 1.74. The van der Waals surface area contributed by atoms with Gasteiger partial charge in [-0.05, 0) is 62.8 Å². The van der Waals surface area contributed by atoms with E-state index in [1.54, 1.807) is 11.3 Å². The Bertz CT molecular complexity index is 2490. The van der Waals surface area contributed by atoms with Gasteiger partial charge in [0.1, 0.15) is 11.2 Å². The van der Waals surface area contributed by atoms with Crippen LogP contribution in [0, 0.1) is 0 Å². The summed E-state index contributed by atoms with van der Waals surface area (Å²) in [6, 6.07) is 37.1. The fourth-order valence-electron chi connectivity index (χ4n) is 6.37. The number of hydrogen-bond donors (Lipinski definition) is 0. The summed E-state index contributed by atoms with van der Waals surface area (Å²) < 4.78 is 21.5. The molecule has 1 aliphatic heterocycles. The molecule has 1 aliphatic rings. The SMILES string of the molecule is CC1(C)OB(c2ccc3sc4c(-c5nc(-c6ccccc6)nc(-c6cccc7c6oc6ccccc67)n5)cccc4c3c2)OC1(C)C. The van der Waals surface area contributed by atoms with Crippen LogP contribution in [0.2, 0.25) is 0 Å². The minimum Gasteiger partial charge on any atom is -0.455 e. The summed E-state index contributed by atoms with van der Waals surface area (Å²) in [6.45, 7) is 8.33. The second kappa shape index (κ2) is 10.3. The maximum Gasteiger partial charge on any atom is 0.494 e. The number of rotatable bonds is 4. The number of hydrogen-bond acceptors (Lipinski definition) is 7. The van der Waals surface area contributed by atoms with Crippen LogP contribution in [-0.4, -0.2) is 33.3 Å². The maximum atomic E-state index is 6.40. The minimum absolute atomic E-state index is 0.407. The van der Waals surface area contributed by atoms with Gasteiger partial charge in [0.25, 0.3) is 0 Å². The Kier molecular flexibility index (Phi) is 6.22. The summed E-state index contributed by atoms with van der Waals surface area (Å²) in [6.07, 6.45) is 0. The van der Waals surface area contributed by atoms with E-state index in [2.05, 4.69) is 76.2 Å². The smallest absolute Gasteiger partial charge is 0.455 e. The lowest BCUT2D eigenvalue weighted by atomic mass is 9.78. The number of aromatic nitrogens is 3. The zero-order chi connectivity index (χ0) is 31.9. The van der Waals surface area contributed by atoms with E-state index in [4.69, 9.17) is 28.7 Å². The fraction of sp³-hybridized carbons (Fsp3) is 0.154. The first kappa shape index (κ1) is 28.3. The molecule has 0 N–H and O–H groups in total. The minimum atomic E-state index is -0.428. The molecule has 0 amide bonds. The van der Waals surface area contributed by atoms with Gasteiger partial charge in [0.15, 0.2) is 17.5 Å². The highest BCUT2D eigenvalue weighted by Gasteiger charge is 2.51. The van der Waals surface area contributed by atoms with Gasteiger partial charge >= 0.3 is 7.12 Å². The molecule has 1 fully saturated rings. The van der Waals surface area contributed by atoms with Gasteiger partial charge < -0.3 is 13.7 Å². The lowest BCUT2D eigenvalue weighted by Crippen LogP contribution is -2.41. The predicted octanol–water partition coefficient (Wildman–Crippen LogP) is 9.44. The molecule has 0 radical (unpaired) electrons. The standard InChI is InChI=1S/C39H30BN3O3S/c1-38(2)39(3,4)46-40(45-38)24-20-21-32-30(22-24)27-16-11-18-29(34(27)47-32)37-42-35(23-12-6-5-7-13-23)41-36(43-37)28-17-10-15-26-25-14-8-9-19-31(25)44-33(26)28/h5-22H,1-4H3. The van der Waals surface area contributed by atoms with Gasteiger partial charge in [-0.25, -0.2) is 15.0 Å². The number of benzene rings is 5. The van der Waals surface area contributed by atoms with Crippen molar-refractivity contribution in [1.82, 2.24) is 15.0 Å². The average molecular weight is 632 g/mol. The van der Waals surface area contributed by atoms with Crippen LogP contribution >= 0.6 is 11.3 Å². The molecule has 6 nitrogen and oxygen atoms in total. The van der Waals surface area contributed by atoms with Gasteiger partial charge in [0.05, 0.1) is 16.8 Å². The lowest BCUT2D eigenvalue weighted by Gasteiger charge is -2.32. The molecule has 3 aromatic heterocycles. The topological polar surface area (TPSA) is 70.3 Å². The predicted molar refractivity (Wildman–Crippen MR) is 192 cm³/mol. The van der Waals surface area contributed by atoms with Crippen molar-refractivity contribution in [3.63, 3.8) is 0 Å². The van der Waals surface area contributed by atoms with E-state index in [1.165, 1.54) is 4.70 Å². The van der Waals surface area contributed by atoms with E-state index < -0.39 is 18.3 Å². The van der Waals surface area contributed by atoms with Crippen molar-refractivity contribution in [2.24, 2.45) is 0 Å². The van der Waals surface area contributed by atoms with E-state index in [0.717, 1.165) is 59.6 Å². The first-order valence-corrected chi connectivity index (χ1v) is 16.6. The quantitative estimate of drug-likeness (QED) is 0.180. The van der Waals surface area contributed by atoms with Crippen molar-refractivity contribution in [1.29, 1.82) is 0 Å². The molecule has 5 aromatic carbocycles. The third kappa shape index (κ3) is 4.51. The van der Waals surface area contributed by atoms with Crippen molar-refractivity contribution in [2.45, 2.75) is 38.9 Å². The van der Waals surface area contributed by atoms with E-state index >= 15 is 0 Å². The van der Waals surface area contributed by atoms with Gasteiger partial charge in [-0.1, -0.05) is 84.9 Å². The number of nitrogens with zero attached hydrogens (tertiary/aromatic N) is 3. The van der Waals surface area contributed by atoms with Crippen molar-refractivity contribution in [2.75, 3.05) is 0 Å². The molecule has 0 aliphatic carbocycles. The molecule has 0 bridgehead atoms. The Morgan fingerprint density at radius 1 is 0.574 bits per heavy atom. The molecular weight excluding hydrogens is 601 g/mol. The first-order chi connectivity index (χ1) is 22.8. The van der Waals surface area contributed by atoms with Crippen molar-refractivity contribution < 1.29 is 13.7 Å². The van der Waals surface area contributed by atoms with Gasteiger partial charge in [-0.3, -0.25) is 0 Å². The summed E-state index contributed by atoms with van der Waals surface area (Å²) in [7, 11) is -0.428. The summed E-state index contributed by atoms with van der Waals surface area (Å²) in [5, 5.41) is 4.40. The Balaban J connectivity index is 1.23. The second-order valence-electron chi connectivity index (χ2n) is 13.1. The number of fused-ring (bicyclic) bond motifs is 6. The fourth-order valence-corrected chi connectivity index (χ4v) is 7.57. The van der Waals surface area contributed by atoms with Crippen LogP contribution in [0.4, 0.5) is 0 Å². The lowest BCUT2D eigenvalue weighted by molar-refractivity contribution is 0.00578. The van der Waals surface area contributed by atoms with Crippen molar-refractivity contribution in [3.05, 3.63) is 109 Å². The summed E-state index contributed by atoms with van der Waals surface area (Å²) in [5.41, 5.74) is 4.50. The van der Waals surface area contributed by atoms with Crippen molar-refractivity contribution >= 4 is 66.0 Å². The first-order valence-electron chi connectivity index (χ1n) is 15.8. The zero-order valence-electron chi connectivity index (χ0n) is 26.4. The Morgan fingerprint density at radius 2 is 1.21 bits per heavy atom. The Morgan fingerprint density at radius 3 is 2.00 bits per heavy atom. The molecule has 8 heteroatoms. The van der Waals surface area contributed by atoms with Gasteiger partial charge in [0.2, 0.25) is 0 Å². The third-order valence-corrected chi connectivity index (χ3v) is 10.8. The molecule has 228 valence electrons. The zero-order valence-corrected chi connectivity index (χ0v) is 27.3. The molecule has 0 unspecified atom stereocenters. The molecular formula is C39H30BN3O3S. The number of para-hydroxylation sites is 2. The highest BCUT2D eigenvalue weighted by atomic mass is 32.1. The van der Waals surface area contributed by atoms with E-state index in [0.29, 0.717) is 17.5 Å². The molecule has 9 rings (SSSR count). The Labute approximate surface area is 276 Å². The molecule has 0 atom stereocenters. The maximum absolute atomic E-state index is 6.40. The number of furan rings is 1. The van der Waals surface area contributed by atoms with E-state index in [1.807, 2.05) is 60.7 Å². The van der Waals surface area contributed by atoms with Crippen LogP contribution in [-0.2, 0) is 9.31 Å². The molecule has 1 saturated heterocycles. The second-order valence-corrected chi connectivity index (χ2v) is 14.1. The summed E-state index contributed by atoms with van der Waals surface area (Å²) in [4.78, 5) is 15.2. The van der Waals surface area contributed by atoms with Gasteiger partial charge in [-0.2, -0.15) is 0 Å².